The maximum Gasteiger partial charge on any atom is 0.0720 e. The van der Waals surface area contributed by atoms with Crippen LogP contribution in [0.3, 0.4) is 0 Å². The highest BCUT2D eigenvalue weighted by Gasteiger charge is 2.19. The fourth-order valence-electron chi connectivity index (χ4n) is 2.11. The largest absolute Gasteiger partial charge is 0.374 e. The molecule has 2 nitrogen and oxygen atoms in total. The number of nitrogens with one attached hydrogen (secondary N) is 1. The van der Waals surface area contributed by atoms with Gasteiger partial charge in [-0.1, -0.05) is 37.6 Å². The molecule has 0 heterocycles. The molecule has 0 saturated heterocycles. The summed E-state index contributed by atoms with van der Waals surface area (Å²) in [4.78, 5) is 0. The Balaban J connectivity index is 1.78. The van der Waals surface area contributed by atoms with E-state index in [1.54, 1.807) is 0 Å². The summed E-state index contributed by atoms with van der Waals surface area (Å²) in [6, 6.07) is 9.50. The van der Waals surface area contributed by atoms with E-state index in [1.165, 1.54) is 30.4 Å². The van der Waals surface area contributed by atoms with Crippen LogP contribution in [-0.2, 0) is 17.9 Å². The highest BCUT2D eigenvalue weighted by molar-refractivity contribution is 5.23. The van der Waals surface area contributed by atoms with Crippen LogP contribution in [0.4, 0.5) is 0 Å². The monoisotopic (exact) mass is 247 g/mol. The molecule has 0 spiro atoms. The van der Waals surface area contributed by atoms with Gasteiger partial charge in [0.2, 0.25) is 0 Å². The molecule has 0 aromatic heterocycles. The Bertz CT molecular complexity index is 360. The molecule has 0 bridgehead atoms. The van der Waals surface area contributed by atoms with Crippen molar-refractivity contribution >= 4 is 0 Å². The lowest BCUT2D eigenvalue weighted by Crippen LogP contribution is -2.15. The first-order chi connectivity index (χ1) is 8.78. The maximum atomic E-state index is 5.84. The summed E-state index contributed by atoms with van der Waals surface area (Å²) in [7, 11) is 0. The van der Waals surface area contributed by atoms with Crippen LogP contribution in [0.5, 0.6) is 0 Å². The van der Waals surface area contributed by atoms with Crippen molar-refractivity contribution in [2.24, 2.45) is 0 Å². The Labute approximate surface area is 111 Å². The molecule has 2 rings (SSSR count). The van der Waals surface area contributed by atoms with E-state index in [2.05, 4.69) is 43.4 Å². The normalized spacial score (nSPS) is 16.8. The van der Waals surface area contributed by atoms with Gasteiger partial charge in [-0.25, -0.2) is 0 Å². The fourth-order valence-corrected chi connectivity index (χ4v) is 2.11. The van der Waals surface area contributed by atoms with E-state index in [0.29, 0.717) is 6.10 Å². The van der Waals surface area contributed by atoms with E-state index in [1.807, 2.05) is 0 Å². The Hall–Kier alpha value is -0.860. The first-order valence-corrected chi connectivity index (χ1v) is 7.20. The first kappa shape index (κ1) is 13.6. The molecular formula is C16H25NO. The quantitative estimate of drug-likeness (QED) is 0.757. The van der Waals surface area contributed by atoms with Gasteiger partial charge in [0.1, 0.15) is 0 Å². The zero-order chi connectivity index (χ0) is 12.8. The number of ether oxygens (including phenoxy) is 1. The SMILES string of the molecule is CCCC(C)OCc1cccc(CNC2CC2)c1. The topological polar surface area (TPSA) is 21.3 Å². The minimum Gasteiger partial charge on any atom is -0.374 e. The van der Waals surface area contributed by atoms with E-state index in [-0.39, 0.29) is 0 Å². The van der Waals surface area contributed by atoms with Gasteiger partial charge in [0.25, 0.3) is 0 Å². The molecule has 2 heteroatoms. The third-order valence-corrected chi connectivity index (χ3v) is 3.39. The molecule has 1 aliphatic rings. The molecule has 1 aliphatic carbocycles. The van der Waals surface area contributed by atoms with Crippen molar-refractivity contribution in [3.63, 3.8) is 0 Å². The molecule has 0 aliphatic heterocycles. The van der Waals surface area contributed by atoms with Crippen LogP contribution in [-0.4, -0.2) is 12.1 Å². The van der Waals surface area contributed by atoms with Gasteiger partial charge in [-0.2, -0.15) is 0 Å². The molecule has 1 unspecified atom stereocenters. The van der Waals surface area contributed by atoms with Crippen LogP contribution in [0, 0.1) is 0 Å². The summed E-state index contributed by atoms with van der Waals surface area (Å²) in [5.41, 5.74) is 2.65. The Morgan fingerprint density at radius 2 is 2.11 bits per heavy atom. The Morgan fingerprint density at radius 3 is 2.83 bits per heavy atom. The van der Waals surface area contributed by atoms with Gasteiger partial charge < -0.3 is 10.1 Å². The van der Waals surface area contributed by atoms with Crippen molar-refractivity contribution in [3.8, 4) is 0 Å². The molecule has 18 heavy (non-hydrogen) atoms. The lowest BCUT2D eigenvalue weighted by Gasteiger charge is -2.12. The van der Waals surface area contributed by atoms with Crippen LogP contribution in [0.2, 0.25) is 0 Å². The fraction of sp³-hybridized carbons (Fsp3) is 0.625. The van der Waals surface area contributed by atoms with Crippen molar-refractivity contribution in [3.05, 3.63) is 35.4 Å². The third-order valence-electron chi connectivity index (χ3n) is 3.39. The third kappa shape index (κ3) is 4.79. The predicted molar refractivity (Wildman–Crippen MR) is 75.5 cm³/mol. The van der Waals surface area contributed by atoms with Gasteiger partial charge in [-0.05, 0) is 37.3 Å². The predicted octanol–water partition coefficient (Wildman–Crippen LogP) is 3.64. The van der Waals surface area contributed by atoms with Gasteiger partial charge in [0.15, 0.2) is 0 Å². The Kier molecular flexibility index (Phi) is 5.21. The highest BCUT2D eigenvalue weighted by atomic mass is 16.5. The van der Waals surface area contributed by atoms with Crippen molar-refractivity contribution < 1.29 is 4.74 Å². The van der Waals surface area contributed by atoms with E-state index in [0.717, 1.165) is 25.6 Å². The second kappa shape index (κ2) is 6.91. The van der Waals surface area contributed by atoms with Gasteiger partial charge in [-0.3, -0.25) is 0 Å². The van der Waals surface area contributed by atoms with E-state index in [4.69, 9.17) is 4.74 Å². The molecule has 0 radical (unpaired) electrons. The summed E-state index contributed by atoms with van der Waals surface area (Å²) >= 11 is 0. The lowest BCUT2D eigenvalue weighted by molar-refractivity contribution is 0.0471. The minimum atomic E-state index is 0.364. The van der Waals surface area contributed by atoms with Gasteiger partial charge in [0, 0.05) is 12.6 Å². The summed E-state index contributed by atoms with van der Waals surface area (Å²) in [6.45, 7) is 6.08. The van der Waals surface area contributed by atoms with Crippen molar-refractivity contribution in [2.45, 2.75) is 64.8 Å². The molecule has 1 aromatic carbocycles. The minimum absolute atomic E-state index is 0.364. The second-order valence-electron chi connectivity index (χ2n) is 5.39. The summed E-state index contributed by atoms with van der Waals surface area (Å²) in [5, 5.41) is 3.54. The van der Waals surface area contributed by atoms with Gasteiger partial charge in [-0.15, -0.1) is 0 Å². The number of benzene rings is 1. The molecule has 100 valence electrons. The standard InChI is InChI=1S/C16H25NO/c1-3-5-13(2)18-12-15-7-4-6-14(10-15)11-17-16-8-9-16/h4,6-7,10,13,16-17H,3,5,8-9,11-12H2,1-2H3. The van der Waals surface area contributed by atoms with Crippen molar-refractivity contribution in [2.75, 3.05) is 0 Å². The van der Waals surface area contributed by atoms with E-state index >= 15 is 0 Å². The lowest BCUT2D eigenvalue weighted by atomic mass is 10.1. The smallest absolute Gasteiger partial charge is 0.0720 e. The van der Waals surface area contributed by atoms with E-state index in [9.17, 15) is 0 Å². The Morgan fingerprint density at radius 1 is 1.33 bits per heavy atom. The molecule has 1 fully saturated rings. The van der Waals surface area contributed by atoms with Crippen LogP contribution in [0.1, 0.15) is 50.7 Å². The molecule has 1 aromatic rings. The number of rotatable bonds is 8. The summed E-state index contributed by atoms with van der Waals surface area (Å²) < 4.78 is 5.84. The summed E-state index contributed by atoms with van der Waals surface area (Å²) in [5.74, 6) is 0. The van der Waals surface area contributed by atoms with Crippen LogP contribution >= 0.6 is 0 Å². The number of hydrogen-bond acceptors (Lipinski definition) is 2. The second-order valence-corrected chi connectivity index (χ2v) is 5.39. The molecule has 0 amide bonds. The van der Waals surface area contributed by atoms with Crippen LogP contribution in [0.15, 0.2) is 24.3 Å². The molecule has 1 saturated carbocycles. The zero-order valence-corrected chi connectivity index (χ0v) is 11.6. The van der Waals surface area contributed by atoms with Gasteiger partial charge >= 0.3 is 0 Å². The average Bonchev–Trinajstić information content (AvgIpc) is 3.19. The molecular weight excluding hydrogens is 222 g/mol. The summed E-state index contributed by atoms with van der Waals surface area (Å²) in [6.07, 6.45) is 5.38. The number of hydrogen-bond donors (Lipinski definition) is 1. The van der Waals surface area contributed by atoms with Gasteiger partial charge in [0.05, 0.1) is 12.7 Å². The highest BCUT2D eigenvalue weighted by Crippen LogP contribution is 2.19. The first-order valence-electron chi connectivity index (χ1n) is 7.20. The van der Waals surface area contributed by atoms with Crippen LogP contribution < -0.4 is 5.32 Å². The van der Waals surface area contributed by atoms with Crippen LogP contribution in [0.25, 0.3) is 0 Å². The maximum absolute atomic E-state index is 5.84. The molecule has 1 N–H and O–H groups in total. The molecule has 1 atom stereocenters. The van der Waals surface area contributed by atoms with Crippen molar-refractivity contribution in [1.82, 2.24) is 5.32 Å². The van der Waals surface area contributed by atoms with Crippen molar-refractivity contribution in [1.29, 1.82) is 0 Å². The zero-order valence-electron chi connectivity index (χ0n) is 11.6. The van der Waals surface area contributed by atoms with E-state index < -0.39 is 0 Å². The average molecular weight is 247 g/mol.